The van der Waals surface area contributed by atoms with Crippen molar-refractivity contribution < 1.29 is 4.79 Å². The number of fused-ring (bicyclic) bond motifs is 2. The number of carbonyl (C=O) groups is 1. The predicted molar refractivity (Wildman–Crippen MR) is 104 cm³/mol. The minimum Gasteiger partial charge on any atom is -0.339 e. The van der Waals surface area contributed by atoms with Gasteiger partial charge in [-0.15, -0.1) is 0 Å². The molecule has 140 valence electrons. The summed E-state index contributed by atoms with van der Waals surface area (Å²) in [7, 11) is 2.08. The number of imidazole rings is 1. The van der Waals surface area contributed by atoms with Crippen LogP contribution in [0.15, 0.2) is 36.7 Å². The first-order valence-electron chi connectivity index (χ1n) is 9.01. The van der Waals surface area contributed by atoms with E-state index in [0.29, 0.717) is 28.3 Å². The minimum atomic E-state index is -0.273. The van der Waals surface area contributed by atoms with Gasteiger partial charge in [-0.3, -0.25) is 9.89 Å². The smallest absolute Gasteiger partial charge is 0.258 e. The van der Waals surface area contributed by atoms with E-state index in [9.17, 15) is 4.79 Å². The highest BCUT2D eigenvalue weighted by Gasteiger charge is 2.21. The second-order valence-corrected chi connectivity index (χ2v) is 6.89. The standard InChI is InChI=1S/C19H18N8O/c1-27-7-6-14-16(10-27)23-18(22-14)17-15(9-21-26-17)24-19(28)12-8-20-25-13-5-3-2-4-11(12)13/h2-5,8-9H,6-7,10H2,1H3,(H,21,26)(H,22,23)(H,24,28). The Hall–Kier alpha value is -3.59. The van der Waals surface area contributed by atoms with Gasteiger partial charge in [0.1, 0.15) is 5.69 Å². The Morgan fingerprint density at radius 3 is 3.07 bits per heavy atom. The molecule has 4 aromatic rings. The average Bonchev–Trinajstić information content (AvgIpc) is 3.33. The van der Waals surface area contributed by atoms with E-state index >= 15 is 0 Å². The first-order valence-corrected chi connectivity index (χ1v) is 9.01. The first kappa shape index (κ1) is 16.6. The molecule has 28 heavy (non-hydrogen) atoms. The fraction of sp³-hybridized carbons (Fsp3) is 0.211. The van der Waals surface area contributed by atoms with Crippen molar-refractivity contribution >= 4 is 22.5 Å². The van der Waals surface area contributed by atoms with Crippen LogP contribution in [0.5, 0.6) is 0 Å². The lowest BCUT2D eigenvalue weighted by Gasteiger charge is -2.20. The van der Waals surface area contributed by atoms with Crippen LogP contribution in [-0.2, 0) is 13.0 Å². The number of H-pyrrole nitrogens is 2. The maximum atomic E-state index is 12.9. The van der Waals surface area contributed by atoms with Gasteiger partial charge in [-0.1, -0.05) is 18.2 Å². The summed E-state index contributed by atoms with van der Waals surface area (Å²) in [6, 6.07) is 7.41. The molecule has 1 aromatic carbocycles. The summed E-state index contributed by atoms with van der Waals surface area (Å²) in [5.74, 6) is 0.399. The molecule has 0 saturated carbocycles. The zero-order valence-corrected chi connectivity index (χ0v) is 15.2. The Kier molecular flexibility index (Phi) is 3.87. The zero-order valence-electron chi connectivity index (χ0n) is 15.2. The van der Waals surface area contributed by atoms with E-state index in [0.717, 1.165) is 36.3 Å². The van der Waals surface area contributed by atoms with Crippen LogP contribution >= 0.6 is 0 Å². The highest BCUT2D eigenvalue weighted by Crippen LogP contribution is 2.27. The lowest BCUT2D eigenvalue weighted by molar-refractivity contribution is 0.102. The number of hydrogen-bond acceptors (Lipinski definition) is 6. The number of likely N-dealkylation sites (N-methyl/N-ethyl adjacent to an activating group) is 1. The van der Waals surface area contributed by atoms with Gasteiger partial charge in [0.15, 0.2) is 5.82 Å². The molecule has 1 aliphatic rings. The number of aromatic nitrogens is 6. The van der Waals surface area contributed by atoms with E-state index in [-0.39, 0.29) is 5.91 Å². The number of nitrogens with one attached hydrogen (secondary N) is 3. The van der Waals surface area contributed by atoms with E-state index < -0.39 is 0 Å². The molecule has 3 N–H and O–H groups in total. The number of anilines is 1. The molecule has 3 aromatic heterocycles. The quantitative estimate of drug-likeness (QED) is 0.505. The van der Waals surface area contributed by atoms with Gasteiger partial charge >= 0.3 is 0 Å². The van der Waals surface area contributed by atoms with Crippen LogP contribution in [0.4, 0.5) is 5.69 Å². The van der Waals surface area contributed by atoms with E-state index in [2.05, 4.69) is 42.6 Å². The van der Waals surface area contributed by atoms with Crippen molar-refractivity contribution in [2.24, 2.45) is 0 Å². The molecular formula is C19H18N8O. The summed E-state index contributed by atoms with van der Waals surface area (Å²) in [5.41, 5.74) is 4.50. The van der Waals surface area contributed by atoms with Crippen molar-refractivity contribution in [2.45, 2.75) is 13.0 Å². The van der Waals surface area contributed by atoms with Crippen molar-refractivity contribution in [1.29, 1.82) is 0 Å². The highest BCUT2D eigenvalue weighted by molar-refractivity contribution is 6.12. The largest absolute Gasteiger partial charge is 0.339 e. The Labute approximate surface area is 160 Å². The van der Waals surface area contributed by atoms with Gasteiger partial charge in [-0.05, 0) is 13.1 Å². The summed E-state index contributed by atoms with van der Waals surface area (Å²) in [6.45, 7) is 1.80. The van der Waals surface area contributed by atoms with Crippen molar-refractivity contribution in [3.63, 3.8) is 0 Å². The van der Waals surface area contributed by atoms with Crippen LogP contribution in [-0.4, -0.2) is 54.8 Å². The lowest BCUT2D eigenvalue weighted by atomic mass is 10.1. The van der Waals surface area contributed by atoms with Crippen LogP contribution < -0.4 is 5.32 Å². The molecule has 0 saturated heterocycles. The first-order chi connectivity index (χ1) is 13.7. The third kappa shape index (κ3) is 2.81. The molecule has 0 radical (unpaired) electrons. The Morgan fingerprint density at radius 1 is 1.25 bits per heavy atom. The summed E-state index contributed by atoms with van der Waals surface area (Å²) < 4.78 is 0. The molecule has 1 aliphatic heterocycles. The van der Waals surface area contributed by atoms with Crippen molar-refractivity contribution in [2.75, 3.05) is 18.9 Å². The molecular weight excluding hydrogens is 356 g/mol. The van der Waals surface area contributed by atoms with Gasteiger partial charge in [-0.2, -0.15) is 15.3 Å². The third-order valence-electron chi connectivity index (χ3n) is 4.94. The fourth-order valence-corrected chi connectivity index (χ4v) is 3.49. The molecule has 9 nitrogen and oxygen atoms in total. The topological polar surface area (TPSA) is 115 Å². The molecule has 0 spiro atoms. The van der Waals surface area contributed by atoms with Gasteiger partial charge in [0, 0.05) is 24.9 Å². The van der Waals surface area contributed by atoms with Crippen LogP contribution in [0.2, 0.25) is 0 Å². The van der Waals surface area contributed by atoms with Crippen LogP contribution in [0, 0.1) is 0 Å². The molecule has 0 aliphatic carbocycles. The number of rotatable bonds is 3. The van der Waals surface area contributed by atoms with E-state index in [1.165, 1.54) is 6.20 Å². The normalized spacial score (nSPS) is 14.2. The second-order valence-electron chi connectivity index (χ2n) is 6.89. The number of aromatic amines is 2. The molecule has 0 bridgehead atoms. The number of carbonyl (C=O) groups excluding carboxylic acids is 1. The van der Waals surface area contributed by atoms with Gasteiger partial charge in [0.25, 0.3) is 5.91 Å². The molecule has 0 unspecified atom stereocenters. The summed E-state index contributed by atoms with van der Waals surface area (Å²) in [6.07, 6.45) is 3.95. The van der Waals surface area contributed by atoms with Crippen molar-refractivity contribution in [3.8, 4) is 11.5 Å². The van der Waals surface area contributed by atoms with Crippen molar-refractivity contribution in [1.82, 2.24) is 35.3 Å². The van der Waals surface area contributed by atoms with Gasteiger partial charge < -0.3 is 15.2 Å². The number of hydrogen-bond donors (Lipinski definition) is 3. The molecule has 0 atom stereocenters. The predicted octanol–water partition coefficient (Wildman–Crippen LogP) is 1.98. The Morgan fingerprint density at radius 2 is 2.14 bits per heavy atom. The van der Waals surface area contributed by atoms with Gasteiger partial charge in [0.05, 0.1) is 40.5 Å². The number of benzene rings is 1. The maximum absolute atomic E-state index is 12.9. The SMILES string of the molecule is CN1CCc2nc(-c3[nH]ncc3NC(=O)c3cnnc4ccccc34)[nH]c2C1. The lowest BCUT2D eigenvalue weighted by Crippen LogP contribution is -2.26. The third-order valence-corrected chi connectivity index (χ3v) is 4.94. The maximum Gasteiger partial charge on any atom is 0.258 e. The van der Waals surface area contributed by atoms with Crippen LogP contribution in [0.3, 0.4) is 0 Å². The summed E-state index contributed by atoms with van der Waals surface area (Å²) in [5, 5.41) is 18.7. The fourth-order valence-electron chi connectivity index (χ4n) is 3.49. The average molecular weight is 374 g/mol. The second kappa shape index (κ2) is 6.54. The Balaban J connectivity index is 1.46. The summed E-state index contributed by atoms with van der Waals surface area (Å²) >= 11 is 0. The van der Waals surface area contributed by atoms with E-state index in [1.54, 1.807) is 6.20 Å². The molecule has 1 amide bonds. The van der Waals surface area contributed by atoms with Gasteiger partial charge in [0.2, 0.25) is 0 Å². The van der Waals surface area contributed by atoms with Crippen molar-refractivity contribution in [3.05, 3.63) is 53.6 Å². The number of nitrogens with zero attached hydrogens (tertiary/aromatic N) is 5. The number of amides is 1. The van der Waals surface area contributed by atoms with E-state index in [4.69, 9.17) is 4.98 Å². The molecule has 4 heterocycles. The highest BCUT2D eigenvalue weighted by atomic mass is 16.1. The Bertz CT molecular complexity index is 1170. The molecule has 5 rings (SSSR count). The van der Waals surface area contributed by atoms with E-state index in [1.807, 2.05) is 24.3 Å². The zero-order chi connectivity index (χ0) is 19.1. The summed E-state index contributed by atoms with van der Waals surface area (Å²) in [4.78, 5) is 23.2. The van der Waals surface area contributed by atoms with Crippen LogP contribution in [0.1, 0.15) is 21.7 Å². The molecule has 9 heteroatoms. The minimum absolute atomic E-state index is 0.273. The molecule has 0 fully saturated rings. The van der Waals surface area contributed by atoms with Crippen LogP contribution in [0.25, 0.3) is 22.4 Å². The van der Waals surface area contributed by atoms with Gasteiger partial charge in [-0.25, -0.2) is 4.98 Å². The monoisotopic (exact) mass is 374 g/mol.